The second-order valence-electron chi connectivity index (χ2n) is 19.2. The molecule has 0 radical (unpaired) electrons. The monoisotopic (exact) mass is 956 g/mol. The van der Waals surface area contributed by atoms with Gasteiger partial charge in [0.25, 0.3) is 0 Å². The highest BCUT2D eigenvalue weighted by atomic mass is 15.1. The van der Waals surface area contributed by atoms with E-state index in [0.717, 1.165) is 45.3 Å². The van der Waals surface area contributed by atoms with Gasteiger partial charge in [-0.2, -0.15) is 0 Å². The lowest BCUT2D eigenvalue weighted by molar-refractivity contribution is 0.768. The molecule has 12 aromatic carbocycles. The molecule has 0 fully saturated rings. The standard InChI is InChI=1S/C73H52N2/c1-8-24-53(25-9-1)67-52-70(68(54-26-10-2-11-27-54)51-69(67)55-40-44-62(45-41-55)74(59-32-16-5-17-33-59)60-34-18-6-19-35-60)56-42-46-63(47-43-56)75(61-36-20-7-21-37-61)64-48-49-66-65-38-22-23-39-71(65)73(72(66)50-64,57-28-12-3-13-29-57)58-30-14-4-15-31-58/h1-52H. The molecule has 0 heterocycles. The van der Waals surface area contributed by atoms with E-state index in [0.29, 0.717) is 0 Å². The van der Waals surface area contributed by atoms with Crippen LogP contribution in [0.2, 0.25) is 0 Å². The molecule has 0 saturated carbocycles. The number of hydrogen-bond acceptors (Lipinski definition) is 2. The first-order valence-corrected chi connectivity index (χ1v) is 25.8. The predicted octanol–water partition coefficient (Wildman–Crippen LogP) is 19.7. The predicted molar refractivity (Wildman–Crippen MR) is 315 cm³/mol. The summed E-state index contributed by atoms with van der Waals surface area (Å²) >= 11 is 0. The van der Waals surface area contributed by atoms with E-state index < -0.39 is 5.41 Å². The highest BCUT2D eigenvalue weighted by Gasteiger charge is 2.46. The zero-order valence-electron chi connectivity index (χ0n) is 41.4. The van der Waals surface area contributed by atoms with Crippen molar-refractivity contribution in [1.82, 2.24) is 0 Å². The number of anilines is 6. The van der Waals surface area contributed by atoms with Crippen molar-refractivity contribution in [1.29, 1.82) is 0 Å². The largest absolute Gasteiger partial charge is 0.311 e. The summed E-state index contributed by atoms with van der Waals surface area (Å²) in [7, 11) is 0. The molecule has 12 aromatic rings. The Morgan fingerprint density at radius 1 is 0.187 bits per heavy atom. The Labute approximate surface area is 440 Å². The van der Waals surface area contributed by atoms with Gasteiger partial charge in [-0.3, -0.25) is 0 Å². The van der Waals surface area contributed by atoms with Crippen LogP contribution in [0, 0.1) is 0 Å². The van der Waals surface area contributed by atoms with E-state index in [9.17, 15) is 0 Å². The zero-order valence-corrected chi connectivity index (χ0v) is 41.4. The Morgan fingerprint density at radius 3 is 0.893 bits per heavy atom. The summed E-state index contributed by atoms with van der Waals surface area (Å²) in [6.45, 7) is 0. The normalized spacial score (nSPS) is 12.1. The van der Waals surface area contributed by atoms with E-state index in [1.807, 2.05) is 0 Å². The van der Waals surface area contributed by atoms with Crippen LogP contribution in [0.15, 0.2) is 315 Å². The van der Waals surface area contributed by atoms with Gasteiger partial charge in [-0.05, 0) is 163 Å². The molecule has 2 heteroatoms. The minimum atomic E-state index is -0.514. The van der Waals surface area contributed by atoms with Crippen LogP contribution in [0.1, 0.15) is 22.3 Å². The minimum Gasteiger partial charge on any atom is -0.311 e. The first-order valence-electron chi connectivity index (χ1n) is 25.8. The van der Waals surface area contributed by atoms with Crippen LogP contribution in [-0.4, -0.2) is 0 Å². The van der Waals surface area contributed by atoms with Crippen molar-refractivity contribution in [3.8, 4) is 55.6 Å². The maximum absolute atomic E-state index is 2.45. The Balaban J connectivity index is 0.945. The number of hydrogen-bond donors (Lipinski definition) is 0. The van der Waals surface area contributed by atoms with Gasteiger partial charge in [-0.1, -0.05) is 231 Å². The van der Waals surface area contributed by atoms with Crippen LogP contribution in [-0.2, 0) is 5.41 Å². The molecular weight excluding hydrogens is 905 g/mol. The molecule has 0 spiro atoms. The molecule has 354 valence electrons. The first kappa shape index (κ1) is 45.1. The van der Waals surface area contributed by atoms with Crippen LogP contribution in [0.4, 0.5) is 34.1 Å². The number of benzene rings is 12. The summed E-state index contributed by atoms with van der Waals surface area (Å²) < 4.78 is 0. The third-order valence-electron chi connectivity index (χ3n) is 14.9. The fourth-order valence-electron chi connectivity index (χ4n) is 11.6. The molecule has 13 rings (SSSR count). The van der Waals surface area contributed by atoms with Gasteiger partial charge in [-0.25, -0.2) is 0 Å². The van der Waals surface area contributed by atoms with Crippen molar-refractivity contribution < 1.29 is 0 Å². The van der Waals surface area contributed by atoms with Gasteiger partial charge in [-0.15, -0.1) is 0 Å². The van der Waals surface area contributed by atoms with Gasteiger partial charge in [0.1, 0.15) is 0 Å². The third kappa shape index (κ3) is 8.20. The van der Waals surface area contributed by atoms with Crippen LogP contribution in [0.3, 0.4) is 0 Å². The van der Waals surface area contributed by atoms with Crippen molar-refractivity contribution in [2.75, 3.05) is 9.80 Å². The van der Waals surface area contributed by atoms with E-state index >= 15 is 0 Å². The number of para-hydroxylation sites is 3. The van der Waals surface area contributed by atoms with Crippen molar-refractivity contribution in [2.24, 2.45) is 0 Å². The van der Waals surface area contributed by atoms with Crippen LogP contribution in [0.25, 0.3) is 55.6 Å². The average molecular weight is 957 g/mol. The fraction of sp³-hybridized carbons (Fsp3) is 0.0137. The third-order valence-corrected chi connectivity index (χ3v) is 14.9. The second-order valence-corrected chi connectivity index (χ2v) is 19.2. The topological polar surface area (TPSA) is 6.48 Å². The highest BCUT2D eigenvalue weighted by molar-refractivity contribution is 5.96. The zero-order chi connectivity index (χ0) is 50.0. The quantitative estimate of drug-likeness (QED) is 0.120. The fourth-order valence-corrected chi connectivity index (χ4v) is 11.6. The SMILES string of the molecule is c1ccc(-c2cc(-c3ccc(N(c4ccccc4)c4ccc5c(c4)C(c4ccccc4)(c4ccccc4)c4ccccc4-5)cc3)c(-c3ccccc3)cc2-c2ccc(N(c3ccccc3)c3ccccc3)cc2)cc1. The van der Waals surface area contributed by atoms with Crippen molar-refractivity contribution >= 4 is 34.1 Å². The molecule has 0 bridgehead atoms. The van der Waals surface area contributed by atoms with Gasteiger partial charge in [0.2, 0.25) is 0 Å². The van der Waals surface area contributed by atoms with Gasteiger partial charge < -0.3 is 9.80 Å². The van der Waals surface area contributed by atoms with E-state index in [1.165, 1.54) is 66.8 Å². The first-order chi connectivity index (χ1) is 37.2. The van der Waals surface area contributed by atoms with Crippen LogP contribution >= 0.6 is 0 Å². The molecule has 0 unspecified atom stereocenters. The lowest BCUT2D eigenvalue weighted by atomic mass is 9.67. The van der Waals surface area contributed by atoms with Crippen molar-refractivity contribution in [3.63, 3.8) is 0 Å². The van der Waals surface area contributed by atoms with Gasteiger partial charge >= 0.3 is 0 Å². The molecular formula is C73H52N2. The maximum atomic E-state index is 2.45. The molecule has 1 aliphatic carbocycles. The summed E-state index contributed by atoms with van der Waals surface area (Å²) in [4.78, 5) is 4.72. The molecule has 0 atom stereocenters. The number of fused-ring (bicyclic) bond motifs is 3. The summed E-state index contributed by atoms with van der Waals surface area (Å²) in [5.74, 6) is 0. The van der Waals surface area contributed by atoms with Gasteiger partial charge in [0.05, 0.1) is 5.41 Å². The molecule has 1 aliphatic rings. The van der Waals surface area contributed by atoms with Crippen molar-refractivity contribution in [3.05, 3.63) is 338 Å². The Bertz CT molecular complexity index is 3800. The molecule has 0 aromatic heterocycles. The van der Waals surface area contributed by atoms with Crippen LogP contribution in [0.5, 0.6) is 0 Å². The summed E-state index contributed by atoms with van der Waals surface area (Å²) in [6.07, 6.45) is 0. The maximum Gasteiger partial charge on any atom is 0.0714 e. The van der Waals surface area contributed by atoms with Crippen molar-refractivity contribution in [2.45, 2.75) is 5.41 Å². The Morgan fingerprint density at radius 2 is 0.480 bits per heavy atom. The number of rotatable bonds is 12. The average Bonchev–Trinajstić information content (AvgIpc) is 3.88. The van der Waals surface area contributed by atoms with E-state index in [2.05, 4.69) is 325 Å². The molecule has 0 amide bonds. The lowest BCUT2D eigenvalue weighted by Crippen LogP contribution is -2.28. The molecule has 75 heavy (non-hydrogen) atoms. The summed E-state index contributed by atoms with van der Waals surface area (Å²) in [5.41, 5.74) is 23.0. The van der Waals surface area contributed by atoms with Crippen LogP contribution < -0.4 is 9.80 Å². The second kappa shape index (κ2) is 19.7. The Hall–Kier alpha value is -9.76. The highest BCUT2D eigenvalue weighted by Crippen LogP contribution is 2.57. The van der Waals surface area contributed by atoms with Gasteiger partial charge in [0.15, 0.2) is 0 Å². The summed E-state index contributed by atoms with van der Waals surface area (Å²) in [5, 5.41) is 0. The smallest absolute Gasteiger partial charge is 0.0714 e. The summed E-state index contributed by atoms with van der Waals surface area (Å²) in [6, 6.07) is 115. The molecule has 2 nitrogen and oxygen atoms in total. The Kier molecular flexibility index (Phi) is 11.8. The van der Waals surface area contributed by atoms with Gasteiger partial charge in [0, 0.05) is 34.1 Å². The van der Waals surface area contributed by atoms with E-state index in [1.54, 1.807) is 0 Å². The van der Waals surface area contributed by atoms with E-state index in [4.69, 9.17) is 0 Å². The van der Waals surface area contributed by atoms with E-state index in [-0.39, 0.29) is 0 Å². The minimum absolute atomic E-state index is 0.514. The lowest BCUT2D eigenvalue weighted by Gasteiger charge is -2.35. The molecule has 0 saturated heterocycles. The molecule has 0 N–H and O–H groups in total. The molecule has 0 aliphatic heterocycles. The number of nitrogens with zero attached hydrogens (tertiary/aromatic N) is 2.